The lowest BCUT2D eigenvalue weighted by Gasteiger charge is -2.14. The summed E-state index contributed by atoms with van der Waals surface area (Å²) < 4.78 is 22.9. The quantitative estimate of drug-likeness (QED) is 0.935. The van der Waals surface area contributed by atoms with Gasteiger partial charge in [-0.15, -0.1) is 0 Å². The summed E-state index contributed by atoms with van der Waals surface area (Å²) >= 11 is 1.65. The first-order valence-corrected chi connectivity index (χ1v) is 8.39. The summed E-state index contributed by atoms with van der Waals surface area (Å²) in [6.45, 7) is 2.05. The normalized spacial score (nSPS) is 13.2. The van der Waals surface area contributed by atoms with E-state index in [0.717, 1.165) is 5.69 Å². The van der Waals surface area contributed by atoms with Crippen molar-refractivity contribution < 1.29 is 8.42 Å². The second-order valence-corrected chi connectivity index (χ2v) is 7.02. The van der Waals surface area contributed by atoms with E-state index in [1.165, 1.54) is 11.8 Å². The van der Waals surface area contributed by atoms with E-state index in [4.69, 9.17) is 0 Å². The lowest BCUT2D eigenvalue weighted by Crippen LogP contribution is -2.06. The predicted octanol–water partition coefficient (Wildman–Crippen LogP) is 3.32. The molecule has 1 unspecified atom stereocenters. The van der Waals surface area contributed by atoms with E-state index >= 15 is 0 Å². The molecular weight excluding hydrogens is 266 g/mol. The van der Waals surface area contributed by atoms with Gasteiger partial charge in [0.05, 0.1) is 4.90 Å². The average Bonchev–Trinajstić information content (AvgIpc) is 2.81. The topological polar surface area (TPSA) is 46.2 Å². The Hall–Kier alpha value is -1.33. The Morgan fingerprint density at radius 2 is 2.06 bits per heavy atom. The van der Waals surface area contributed by atoms with Crippen LogP contribution >= 0.6 is 11.3 Å². The van der Waals surface area contributed by atoms with E-state index in [0.29, 0.717) is 4.90 Å². The van der Waals surface area contributed by atoms with Gasteiger partial charge in [0.15, 0.2) is 9.84 Å². The first kappa shape index (κ1) is 13.1. The Kier molecular flexibility index (Phi) is 3.73. The van der Waals surface area contributed by atoms with E-state index in [1.54, 1.807) is 29.5 Å². The van der Waals surface area contributed by atoms with Crippen LogP contribution in [0.4, 0.5) is 5.69 Å². The van der Waals surface area contributed by atoms with Crippen LogP contribution in [-0.2, 0) is 9.84 Å². The van der Waals surface area contributed by atoms with Gasteiger partial charge in [0.1, 0.15) is 0 Å². The number of sulfone groups is 1. The molecule has 2 rings (SSSR count). The molecule has 0 aliphatic rings. The fourth-order valence-electron chi connectivity index (χ4n) is 1.67. The Morgan fingerprint density at radius 1 is 1.28 bits per heavy atom. The van der Waals surface area contributed by atoms with Gasteiger partial charge in [-0.2, -0.15) is 11.3 Å². The maximum Gasteiger partial charge on any atom is 0.175 e. The first-order valence-electron chi connectivity index (χ1n) is 5.55. The van der Waals surface area contributed by atoms with E-state index in [1.807, 2.05) is 11.4 Å². The van der Waals surface area contributed by atoms with E-state index < -0.39 is 9.84 Å². The fraction of sp³-hybridized carbons (Fsp3) is 0.231. The summed E-state index contributed by atoms with van der Waals surface area (Å²) in [4.78, 5) is 0.338. The minimum atomic E-state index is -3.15. The molecule has 0 saturated carbocycles. The van der Waals surface area contributed by atoms with Gasteiger partial charge in [-0.05, 0) is 47.5 Å². The molecule has 0 saturated heterocycles. The number of hydrogen-bond donors (Lipinski definition) is 1. The number of nitrogens with one attached hydrogen (secondary N) is 1. The molecule has 1 N–H and O–H groups in total. The van der Waals surface area contributed by atoms with Gasteiger partial charge in [-0.3, -0.25) is 0 Å². The molecule has 96 valence electrons. The van der Waals surface area contributed by atoms with Crippen LogP contribution in [0.1, 0.15) is 18.5 Å². The molecule has 1 aromatic carbocycles. The lowest BCUT2D eigenvalue weighted by molar-refractivity contribution is 0.602. The summed E-state index contributed by atoms with van der Waals surface area (Å²) in [5.41, 5.74) is 2.02. The Morgan fingerprint density at radius 3 is 2.67 bits per heavy atom. The molecule has 1 aromatic heterocycles. The van der Waals surface area contributed by atoms with Crippen molar-refractivity contribution in [1.82, 2.24) is 0 Å². The third-order valence-corrected chi connectivity index (χ3v) is 4.50. The maximum atomic E-state index is 11.5. The Labute approximate surface area is 111 Å². The largest absolute Gasteiger partial charge is 0.378 e. The zero-order valence-electron chi connectivity index (χ0n) is 10.3. The van der Waals surface area contributed by atoms with Gasteiger partial charge >= 0.3 is 0 Å². The van der Waals surface area contributed by atoms with Gasteiger partial charge in [0.25, 0.3) is 0 Å². The lowest BCUT2D eigenvalue weighted by atomic mass is 10.2. The molecule has 0 aliphatic heterocycles. The number of rotatable bonds is 4. The summed E-state index contributed by atoms with van der Waals surface area (Å²) in [7, 11) is -3.15. The van der Waals surface area contributed by atoms with E-state index in [-0.39, 0.29) is 6.04 Å². The smallest absolute Gasteiger partial charge is 0.175 e. The standard InChI is InChI=1S/C13H15NO2S2/c1-10(11-6-7-17-9-11)14-12-4-3-5-13(8-12)18(2,15)16/h3-10,14H,1-2H3. The van der Waals surface area contributed by atoms with Crippen molar-refractivity contribution >= 4 is 26.9 Å². The summed E-state index contributed by atoms with van der Waals surface area (Å²) in [6, 6.07) is 9.11. The second kappa shape index (κ2) is 5.12. The van der Waals surface area contributed by atoms with Crippen LogP contribution in [0.2, 0.25) is 0 Å². The van der Waals surface area contributed by atoms with Crippen molar-refractivity contribution in [3.63, 3.8) is 0 Å². The van der Waals surface area contributed by atoms with Crippen molar-refractivity contribution in [2.75, 3.05) is 11.6 Å². The summed E-state index contributed by atoms with van der Waals surface area (Å²) in [5.74, 6) is 0. The molecule has 18 heavy (non-hydrogen) atoms. The molecule has 0 spiro atoms. The molecule has 0 aliphatic carbocycles. The van der Waals surface area contributed by atoms with Crippen molar-refractivity contribution in [2.24, 2.45) is 0 Å². The number of hydrogen-bond acceptors (Lipinski definition) is 4. The van der Waals surface area contributed by atoms with E-state index in [9.17, 15) is 8.42 Å². The van der Waals surface area contributed by atoms with Crippen LogP contribution in [-0.4, -0.2) is 14.7 Å². The van der Waals surface area contributed by atoms with Gasteiger partial charge in [0.2, 0.25) is 0 Å². The monoisotopic (exact) mass is 281 g/mol. The minimum Gasteiger partial charge on any atom is -0.378 e. The van der Waals surface area contributed by atoms with Gasteiger partial charge < -0.3 is 5.32 Å². The molecule has 3 nitrogen and oxygen atoms in total. The fourth-order valence-corrected chi connectivity index (χ4v) is 3.09. The van der Waals surface area contributed by atoms with Crippen molar-refractivity contribution in [2.45, 2.75) is 17.9 Å². The van der Waals surface area contributed by atoms with Crippen LogP contribution in [0.15, 0.2) is 46.0 Å². The second-order valence-electron chi connectivity index (χ2n) is 4.22. The number of benzene rings is 1. The van der Waals surface area contributed by atoms with Crippen molar-refractivity contribution in [3.8, 4) is 0 Å². The SMILES string of the molecule is CC(Nc1cccc(S(C)(=O)=O)c1)c1ccsc1. The summed E-state index contributed by atoms with van der Waals surface area (Å²) in [5, 5.41) is 7.41. The third-order valence-electron chi connectivity index (χ3n) is 2.69. The highest BCUT2D eigenvalue weighted by Crippen LogP contribution is 2.22. The highest BCUT2D eigenvalue weighted by Gasteiger charge is 2.09. The molecule has 0 fully saturated rings. The first-order chi connectivity index (χ1) is 8.47. The Bertz CT molecular complexity index is 618. The molecule has 0 bridgehead atoms. The van der Waals surface area contributed by atoms with Gasteiger partial charge in [-0.1, -0.05) is 6.07 Å². The average molecular weight is 281 g/mol. The van der Waals surface area contributed by atoms with Crippen LogP contribution in [0.5, 0.6) is 0 Å². The summed E-state index contributed by atoms with van der Waals surface area (Å²) in [6.07, 6.45) is 1.22. The highest BCUT2D eigenvalue weighted by atomic mass is 32.2. The molecule has 0 amide bonds. The molecule has 0 radical (unpaired) electrons. The Balaban J connectivity index is 2.20. The third kappa shape index (κ3) is 3.11. The molecular formula is C13H15NO2S2. The maximum absolute atomic E-state index is 11.5. The van der Waals surface area contributed by atoms with Gasteiger partial charge in [0, 0.05) is 18.0 Å². The molecule has 5 heteroatoms. The van der Waals surface area contributed by atoms with Crippen molar-refractivity contribution in [3.05, 3.63) is 46.7 Å². The zero-order chi connectivity index (χ0) is 13.2. The zero-order valence-corrected chi connectivity index (χ0v) is 11.9. The van der Waals surface area contributed by atoms with Crippen molar-refractivity contribution in [1.29, 1.82) is 0 Å². The molecule has 2 aromatic rings. The molecule has 1 atom stereocenters. The van der Waals surface area contributed by atoms with Crippen LogP contribution in [0.25, 0.3) is 0 Å². The molecule has 1 heterocycles. The minimum absolute atomic E-state index is 0.158. The van der Waals surface area contributed by atoms with E-state index in [2.05, 4.69) is 23.7 Å². The van der Waals surface area contributed by atoms with Gasteiger partial charge in [-0.25, -0.2) is 8.42 Å². The van der Waals surface area contributed by atoms with Crippen LogP contribution in [0.3, 0.4) is 0 Å². The number of thiophene rings is 1. The number of anilines is 1. The van der Waals surface area contributed by atoms with Crippen LogP contribution in [0, 0.1) is 0 Å². The van der Waals surface area contributed by atoms with Crippen LogP contribution < -0.4 is 5.32 Å². The predicted molar refractivity (Wildman–Crippen MR) is 75.9 cm³/mol. The highest BCUT2D eigenvalue weighted by molar-refractivity contribution is 7.90.